The average Bonchev–Trinajstić information content (AvgIpc) is 3.11. The smallest absolute Gasteiger partial charge is 0.406 e. The first-order valence-corrected chi connectivity index (χ1v) is 10.2. The number of fused-ring (bicyclic) bond motifs is 1. The summed E-state index contributed by atoms with van der Waals surface area (Å²) < 4.78 is 42.5. The van der Waals surface area contributed by atoms with E-state index in [2.05, 4.69) is 15.0 Å². The second-order valence-electron chi connectivity index (χ2n) is 5.90. The molecule has 1 aromatic carbocycles. The maximum Gasteiger partial charge on any atom is 0.573 e. The molecule has 1 amide bonds. The second kappa shape index (κ2) is 8.46. The first-order valence-electron chi connectivity index (χ1n) is 8.49. The van der Waals surface area contributed by atoms with Crippen LogP contribution in [0.4, 0.5) is 18.9 Å². The van der Waals surface area contributed by atoms with E-state index in [0.717, 1.165) is 23.9 Å². The summed E-state index contributed by atoms with van der Waals surface area (Å²) in [5.74, 6) is -0.750. The Morgan fingerprint density at radius 2 is 2.00 bits per heavy atom. The molecule has 1 atom stereocenters. The number of halogens is 3. The van der Waals surface area contributed by atoms with Crippen molar-refractivity contribution in [3.05, 3.63) is 46.1 Å². The van der Waals surface area contributed by atoms with Crippen molar-refractivity contribution < 1.29 is 22.7 Å². The van der Waals surface area contributed by atoms with E-state index in [-0.39, 0.29) is 17.2 Å². The highest BCUT2D eigenvalue weighted by Gasteiger charge is 2.31. The van der Waals surface area contributed by atoms with Crippen LogP contribution in [-0.4, -0.2) is 27.1 Å². The molecule has 0 bridgehead atoms. The number of aromatic nitrogens is 2. The van der Waals surface area contributed by atoms with Crippen LogP contribution < -0.4 is 15.6 Å². The topological polar surface area (TPSA) is 73.2 Å². The third-order valence-electron chi connectivity index (χ3n) is 3.85. The molecule has 11 heteroatoms. The molecule has 0 aliphatic carbocycles. The predicted molar refractivity (Wildman–Crippen MR) is 107 cm³/mol. The van der Waals surface area contributed by atoms with E-state index < -0.39 is 11.6 Å². The van der Waals surface area contributed by atoms with E-state index in [9.17, 15) is 22.8 Å². The largest absolute Gasteiger partial charge is 0.573 e. The molecule has 0 radical (unpaired) electrons. The number of anilines is 1. The molecule has 0 aliphatic heterocycles. The van der Waals surface area contributed by atoms with Crippen LogP contribution in [0.3, 0.4) is 0 Å². The van der Waals surface area contributed by atoms with Crippen molar-refractivity contribution in [1.29, 1.82) is 0 Å². The van der Waals surface area contributed by atoms with Crippen LogP contribution in [0.5, 0.6) is 5.75 Å². The number of benzene rings is 1. The lowest BCUT2D eigenvalue weighted by Gasteiger charge is -2.15. The summed E-state index contributed by atoms with van der Waals surface area (Å²) in [4.78, 5) is 29.5. The van der Waals surface area contributed by atoms with Gasteiger partial charge in [0.2, 0.25) is 5.91 Å². The summed E-state index contributed by atoms with van der Waals surface area (Å²) in [5, 5.41) is 4.25. The number of thiophene rings is 1. The second-order valence-corrected chi connectivity index (χ2v) is 8.12. The Morgan fingerprint density at radius 1 is 1.31 bits per heavy atom. The van der Waals surface area contributed by atoms with Gasteiger partial charge >= 0.3 is 6.36 Å². The highest BCUT2D eigenvalue weighted by atomic mass is 32.2. The van der Waals surface area contributed by atoms with Crippen molar-refractivity contribution in [2.75, 3.05) is 5.32 Å². The summed E-state index contributed by atoms with van der Waals surface area (Å²) in [5.41, 5.74) is 0.758. The molecular weight excluding hydrogens is 427 g/mol. The molecule has 29 heavy (non-hydrogen) atoms. The number of amides is 1. The third kappa shape index (κ3) is 5.10. The van der Waals surface area contributed by atoms with Crippen LogP contribution in [0.1, 0.15) is 13.8 Å². The maximum absolute atomic E-state index is 12.5. The van der Waals surface area contributed by atoms with Crippen molar-refractivity contribution in [2.24, 2.45) is 0 Å². The van der Waals surface area contributed by atoms with Crippen LogP contribution in [-0.2, 0) is 11.3 Å². The molecule has 0 spiro atoms. The Kier molecular flexibility index (Phi) is 6.18. The fraction of sp³-hybridized carbons (Fsp3) is 0.278. The molecule has 0 saturated carbocycles. The molecule has 0 saturated heterocycles. The lowest BCUT2D eigenvalue weighted by molar-refractivity contribution is -0.274. The number of hydrogen-bond acceptors (Lipinski definition) is 6. The number of rotatable bonds is 6. The molecule has 0 fully saturated rings. The number of ether oxygens (including phenoxy) is 1. The van der Waals surface area contributed by atoms with Crippen molar-refractivity contribution in [3.63, 3.8) is 0 Å². The molecule has 3 rings (SSSR count). The van der Waals surface area contributed by atoms with Gasteiger partial charge in [-0.1, -0.05) is 11.8 Å². The number of hydrogen-bond donors (Lipinski definition) is 1. The molecule has 6 nitrogen and oxygen atoms in total. The summed E-state index contributed by atoms with van der Waals surface area (Å²) in [6, 6.07) is 6.60. The van der Waals surface area contributed by atoms with Gasteiger partial charge < -0.3 is 10.1 Å². The zero-order chi connectivity index (χ0) is 21.2. The van der Waals surface area contributed by atoms with Gasteiger partial charge in [0, 0.05) is 12.2 Å². The molecular formula is C18H16F3N3O3S2. The Labute approximate surface area is 171 Å². The van der Waals surface area contributed by atoms with Gasteiger partial charge in [0.1, 0.15) is 10.4 Å². The summed E-state index contributed by atoms with van der Waals surface area (Å²) >= 11 is 2.46. The molecule has 3 aromatic rings. The highest BCUT2D eigenvalue weighted by molar-refractivity contribution is 8.00. The van der Waals surface area contributed by atoms with Crippen LogP contribution >= 0.6 is 23.1 Å². The molecule has 2 heterocycles. The molecule has 154 valence electrons. The van der Waals surface area contributed by atoms with Gasteiger partial charge in [0.15, 0.2) is 5.16 Å². The summed E-state index contributed by atoms with van der Waals surface area (Å²) in [7, 11) is 0. The lowest BCUT2D eigenvalue weighted by atomic mass is 10.3. The van der Waals surface area contributed by atoms with E-state index in [1.165, 1.54) is 28.0 Å². The monoisotopic (exact) mass is 443 g/mol. The van der Waals surface area contributed by atoms with E-state index in [4.69, 9.17) is 0 Å². The van der Waals surface area contributed by atoms with Gasteiger partial charge in [0.05, 0.1) is 10.8 Å². The first-order chi connectivity index (χ1) is 13.7. The standard InChI is InChI=1S/C18H16F3N3O3S2/c1-3-24-16(26)14-13(8-9-28-14)23-17(24)29-10(2)15(25)22-11-4-6-12(7-5-11)27-18(19,20)21/h4-10H,3H2,1-2H3,(H,22,25). The zero-order valence-electron chi connectivity index (χ0n) is 15.3. The number of alkyl halides is 3. The third-order valence-corrected chi connectivity index (χ3v) is 5.84. The van der Waals surface area contributed by atoms with Gasteiger partial charge in [-0.2, -0.15) is 0 Å². The number of nitrogens with one attached hydrogen (secondary N) is 1. The number of carbonyl (C=O) groups excluding carboxylic acids is 1. The van der Waals surface area contributed by atoms with Gasteiger partial charge in [0.25, 0.3) is 5.56 Å². The lowest BCUT2D eigenvalue weighted by Crippen LogP contribution is -2.26. The quantitative estimate of drug-likeness (QED) is 0.449. The minimum absolute atomic E-state index is 0.150. The summed E-state index contributed by atoms with van der Waals surface area (Å²) in [6.07, 6.45) is -4.78. The van der Waals surface area contributed by atoms with Crippen LogP contribution in [0.2, 0.25) is 0 Å². The maximum atomic E-state index is 12.5. The van der Waals surface area contributed by atoms with Crippen LogP contribution in [0.25, 0.3) is 10.2 Å². The van der Waals surface area contributed by atoms with Gasteiger partial charge in [-0.3, -0.25) is 14.2 Å². The Bertz CT molecular complexity index is 1080. The highest BCUT2D eigenvalue weighted by Crippen LogP contribution is 2.26. The Balaban J connectivity index is 1.71. The number of carbonyl (C=O) groups is 1. The minimum Gasteiger partial charge on any atom is -0.406 e. The molecule has 2 aromatic heterocycles. The normalized spacial score (nSPS) is 12.7. The van der Waals surface area contributed by atoms with Crippen molar-refractivity contribution >= 4 is 44.9 Å². The van der Waals surface area contributed by atoms with Crippen LogP contribution in [0, 0.1) is 0 Å². The first kappa shape index (κ1) is 21.2. The van der Waals surface area contributed by atoms with Crippen LogP contribution in [0.15, 0.2) is 45.7 Å². The summed E-state index contributed by atoms with van der Waals surface area (Å²) in [6.45, 7) is 3.89. The van der Waals surface area contributed by atoms with E-state index in [1.807, 2.05) is 6.92 Å². The molecule has 1 unspecified atom stereocenters. The average molecular weight is 443 g/mol. The molecule has 0 aliphatic rings. The van der Waals surface area contributed by atoms with E-state index >= 15 is 0 Å². The van der Waals surface area contributed by atoms with E-state index in [1.54, 1.807) is 18.4 Å². The van der Waals surface area contributed by atoms with Crippen molar-refractivity contribution in [1.82, 2.24) is 9.55 Å². The Hall–Kier alpha value is -2.53. The van der Waals surface area contributed by atoms with Gasteiger partial charge in [-0.15, -0.1) is 24.5 Å². The van der Waals surface area contributed by atoms with Crippen molar-refractivity contribution in [3.8, 4) is 5.75 Å². The molecule has 1 N–H and O–H groups in total. The minimum atomic E-state index is -4.78. The fourth-order valence-electron chi connectivity index (χ4n) is 2.49. The predicted octanol–water partition coefficient (Wildman–Crippen LogP) is 4.50. The van der Waals surface area contributed by atoms with Gasteiger partial charge in [-0.25, -0.2) is 4.98 Å². The fourth-order valence-corrected chi connectivity index (χ4v) is 4.24. The number of thioether (sulfide) groups is 1. The van der Waals surface area contributed by atoms with Crippen molar-refractivity contribution in [2.45, 2.75) is 37.2 Å². The Morgan fingerprint density at radius 3 is 2.62 bits per heavy atom. The van der Waals surface area contributed by atoms with Gasteiger partial charge in [-0.05, 0) is 49.6 Å². The SMILES string of the molecule is CCn1c(SC(C)C(=O)Nc2ccc(OC(F)(F)F)cc2)nc2ccsc2c1=O. The van der Waals surface area contributed by atoms with E-state index in [0.29, 0.717) is 27.6 Å². The zero-order valence-corrected chi connectivity index (χ0v) is 17.0. The number of nitrogens with zero attached hydrogens (tertiary/aromatic N) is 2.